The molecule has 0 radical (unpaired) electrons. The molecule has 4 aromatic rings. The van der Waals surface area contributed by atoms with Crippen LogP contribution in [0, 0.1) is 5.82 Å². The minimum Gasteiger partial charge on any atom is -0.360 e. The van der Waals surface area contributed by atoms with E-state index in [0.29, 0.717) is 11.6 Å². The van der Waals surface area contributed by atoms with Crippen molar-refractivity contribution in [3.8, 4) is 0 Å². The van der Waals surface area contributed by atoms with Crippen LogP contribution in [-0.2, 0) is 22.7 Å². The molecule has 186 valence electrons. The van der Waals surface area contributed by atoms with Gasteiger partial charge in [0, 0.05) is 29.3 Å². The van der Waals surface area contributed by atoms with Gasteiger partial charge >= 0.3 is 6.18 Å². The fourth-order valence-corrected chi connectivity index (χ4v) is 4.46. The van der Waals surface area contributed by atoms with Crippen molar-refractivity contribution >= 4 is 32.5 Å². The van der Waals surface area contributed by atoms with Crippen molar-refractivity contribution in [2.24, 2.45) is 0 Å². The number of pyridine rings is 1. The number of aromatic nitrogens is 1. The first-order chi connectivity index (χ1) is 16.9. The van der Waals surface area contributed by atoms with Crippen molar-refractivity contribution in [3.63, 3.8) is 0 Å². The van der Waals surface area contributed by atoms with E-state index >= 15 is 0 Å². The molecule has 4 rings (SSSR count). The molecule has 0 aliphatic rings. The van der Waals surface area contributed by atoms with E-state index in [9.17, 15) is 35.6 Å². The van der Waals surface area contributed by atoms with Crippen molar-refractivity contribution in [2.45, 2.75) is 17.6 Å². The average molecular weight is 519 g/mol. The summed E-state index contributed by atoms with van der Waals surface area (Å²) in [4.78, 5) is 27.9. The van der Waals surface area contributed by atoms with Gasteiger partial charge in [-0.3, -0.25) is 14.3 Å². The fourth-order valence-electron chi connectivity index (χ4n) is 3.39. The molecule has 0 unspecified atom stereocenters. The van der Waals surface area contributed by atoms with Crippen LogP contribution in [0.4, 0.5) is 23.2 Å². The molecule has 1 amide bonds. The number of halogens is 4. The topological polar surface area (TPSA) is 108 Å². The Labute approximate surface area is 201 Å². The van der Waals surface area contributed by atoms with Crippen molar-refractivity contribution < 1.29 is 30.8 Å². The zero-order valence-electron chi connectivity index (χ0n) is 18.2. The van der Waals surface area contributed by atoms with Gasteiger partial charge in [0.25, 0.3) is 15.9 Å². The number of H-pyrrole nitrogens is 1. The second-order valence-electron chi connectivity index (χ2n) is 7.73. The lowest BCUT2D eigenvalue weighted by molar-refractivity contribution is -0.137. The molecule has 0 atom stereocenters. The summed E-state index contributed by atoms with van der Waals surface area (Å²) in [5.74, 6) is -1.18. The number of anilines is 1. The first-order valence-electron chi connectivity index (χ1n) is 10.3. The number of amides is 1. The van der Waals surface area contributed by atoms with Gasteiger partial charge in [0.15, 0.2) is 0 Å². The lowest BCUT2D eigenvalue weighted by atomic mass is 10.1. The van der Waals surface area contributed by atoms with Gasteiger partial charge < -0.3 is 10.3 Å². The minimum absolute atomic E-state index is 0.0198. The van der Waals surface area contributed by atoms with Gasteiger partial charge in [0.2, 0.25) is 5.43 Å². The minimum atomic E-state index is -4.66. The van der Waals surface area contributed by atoms with Gasteiger partial charge in [-0.1, -0.05) is 18.2 Å². The summed E-state index contributed by atoms with van der Waals surface area (Å²) in [5.41, 5.74) is -1.55. The third kappa shape index (κ3) is 5.38. The standard InChI is InChI=1S/C24H17F4N3O4S/c25-16-6-4-14(5-7-16)12-30-23(33)20-13-29-21-9-8-18(11-19(21)22(20)32)36(34,35)31-17-3-1-2-15(10-17)24(26,27)28/h1-11,13,31H,12H2,(H,29,32)(H,30,33). The first-order valence-corrected chi connectivity index (χ1v) is 11.8. The highest BCUT2D eigenvalue weighted by Gasteiger charge is 2.30. The number of nitrogens with one attached hydrogen (secondary N) is 3. The molecular weight excluding hydrogens is 502 g/mol. The molecule has 36 heavy (non-hydrogen) atoms. The molecule has 1 aromatic heterocycles. The number of rotatable bonds is 6. The molecule has 0 aliphatic heterocycles. The zero-order valence-corrected chi connectivity index (χ0v) is 19.0. The second-order valence-corrected chi connectivity index (χ2v) is 9.41. The van der Waals surface area contributed by atoms with Crippen molar-refractivity contribution in [3.05, 3.63) is 106 Å². The predicted octanol–water partition coefficient (Wildman–Crippen LogP) is 4.42. The van der Waals surface area contributed by atoms with Crippen molar-refractivity contribution in [2.75, 3.05) is 4.72 Å². The van der Waals surface area contributed by atoms with Gasteiger partial charge in [-0.05, 0) is 54.1 Å². The Balaban J connectivity index is 1.61. The Morgan fingerprint density at radius 2 is 1.69 bits per heavy atom. The third-order valence-corrected chi connectivity index (χ3v) is 6.59. The summed E-state index contributed by atoms with van der Waals surface area (Å²) in [6.45, 7) is 0.0198. The van der Waals surface area contributed by atoms with E-state index in [1.807, 2.05) is 0 Å². The molecule has 0 bridgehead atoms. The van der Waals surface area contributed by atoms with Gasteiger partial charge in [-0.25, -0.2) is 12.8 Å². The Morgan fingerprint density at radius 3 is 2.39 bits per heavy atom. The predicted molar refractivity (Wildman–Crippen MR) is 124 cm³/mol. The van der Waals surface area contributed by atoms with Crippen LogP contribution in [0.1, 0.15) is 21.5 Å². The highest BCUT2D eigenvalue weighted by Crippen LogP contribution is 2.31. The summed E-state index contributed by atoms with van der Waals surface area (Å²) >= 11 is 0. The van der Waals surface area contributed by atoms with Crippen molar-refractivity contribution in [1.82, 2.24) is 10.3 Å². The highest BCUT2D eigenvalue weighted by molar-refractivity contribution is 7.92. The Kier molecular flexibility index (Phi) is 6.55. The number of alkyl halides is 3. The SMILES string of the molecule is O=C(NCc1ccc(F)cc1)c1c[nH]c2ccc(S(=O)(=O)Nc3cccc(C(F)(F)F)c3)cc2c1=O. The van der Waals surface area contributed by atoms with Crippen LogP contribution in [0.2, 0.25) is 0 Å². The molecule has 0 saturated carbocycles. The summed E-state index contributed by atoms with van der Waals surface area (Å²) in [5, 5.41) is 2.42. The molecule has 12 heteroatoms. The molecule has 3 aromatic carbocycles. The number of benzene rings is 3. The largest absolute Gasteiger partial charge is 0.416 e. The van der Waals surface area contributed by atoms with Crippen LogP contribution >= 0.6 is 0 Å². The van der Waals surface area contributed by atoms with Crippen LogP contribution in [0.5, 0.6) is 0 Å². The number of sulfonamides is 1. The van der Waals surface area contributed by atoms with Crippen LogP contribution in [-0.4, -0.2) is 19.3 Å². The summed E-state index contributed by atoms with van der Waals surface area (Å²) in [6, 6.07) is 12.5. The van der Waals surface area contributed by atoms with E-state index in [0.717, 1.165) is 24.3 Å². The Bertz CT molecular complexity index is 1620. The average Bonchev–Trinajstić information content (AvgIpc) is 2.83. The van der Waals surface area contributed by atoms with E-state index in [1.54, 1.807) is 0 Å². The number of hydrogen-bond acceptors (Lipinski definition) is 4. The lowest BCUT2D eigenvalue weighted by Gasteiger charge is -2.12. The smallest absolute Gasteiger partial charge is 0.360 e. The van der Waals surface area contributed by atoms with Crippen LogP contribution < -0.4 is 15.5 Å². The maximum atomic E-state index is 13.0. The highest BCUT2D eigenvalue weighted by atomic mass is 32.2. The zero-order chi connectivity index (χ0) is 26.1. The normalized spacial score (nSPS) is 11.9. The Hall–Kier alpha value is -4.19. The third-order valence-electron chi connectivity index (χ3n) is 5.22. The molecule has 3 N–H and O–H groups in total. The molecule has 0 spiro atoms. The summed E-state index contributed by atoms with van der Waals surface area (Å²) < 4.78 is 79.6. The maximum Gasteiger partial charge on any atom is 0.416 e. The van der Waals surface area contributed by atoms with Crippen molar-refractivity contribution in [1.29, 1.82) is 0 Å². The summed E-state index contributed by atoms with van der Waals surface area (Å²) in [6.07, 6.45) is -3.48. The first kappa shape index (κ1) is 24.9. The Morgan fingerprint density at radius 1 is 0.972 bits per heavy atom. The summed E-state index contributed by atoms with van der Waals surface area (Å²) in [7, 11) is -4.37. The number of carbonyl (C=O) groups excluding carboxylic acids is 1. The fraction of sp³-hybridized carbons (Fsp3) is 0.0833. The molecule has 0 saturated heterocycles. The van der Waals surface area contributed by atoms with Gasteiger partial charge in [-0.15, -0.1) is 0 Å². The molecule has 0 fully saturated rings. The number of carbonyl (C=O) groups is 1. The van der Waals surface area contributed by atoms with Gasteiger partial charge in [0.1, 0.15) is 11.4 Å². The van der Waals surface area contributed by atoms with E-state index in [-0.39, 0.29) is 33.6 Å². The molecular formula is C24H17F4N3O4S. The van der Waals surface area contributed by atoms with Crippen LogP contribution in [0.3, 0.4) is 0 Å². The van der Waals surface area contributed by atoms with Gasteiger partial charge in [-0.2, -0.15) is 13.2 Å². The number of hydrogen-bond donors (Lipinski definition) is 3. The quantitative estimate of drug-likeness (QED) is 0.328. The maximum absolute atomic E-state index is 13.0. The molecule has 7 nitrogen and oxygen atoms in total. The number of fused-ring (bicyclic) bond motifs is 1. The van der Waals surface area contributed by atoms with E-state index in [4.69, 9.17) is 0 Å². The van der Waals surface area contributed by atoms with E-state index in [1.165, 1.54) is 42.6 Å². The van der Waals surface area contributed by atoms with Crippen LogP contribution in [0.25, 0.3) is 10.9 Å². The van der Waals surface area contributed by atoms with E-state index in [2.05, 4.69) is 15.0 Å². The monoisotopic (exact) mass is 519 g/mol. The molecule has 0 aliphatic carbocycles. The van der Waals surface area contributed by atoms with Gasteiger partial charge in [0.05, 0.1) is 10.5 Å². The van der Waals surface area contributed by atoms with Crippen LogP contribution in [0.15, 0.2) is 82.6 Å². The number of aromatic amines is 1. The lowest BCUT2D eigenvalue weighted by Crippen LogP contribution is -2.28. The second kappa shape index (κ2) is 9.46. The molecule has 1 heterocycles. The van der Waals surface area contributed by atoms with E-state index < -0.39 is 38.9 Å².